The number of phenolic OH excluding ortho intramolecular Hbond substituents is 1. The molecule has 1 amide bonds. The van der Waals surface area contributed by atoms with Crippen molar-refractivity contribution in [3.05, 3.63) is 28.2 Å². The Morgan fingerprint density at radius 2 is 2.12 bits per heavy atom. The monoisotopic (exact) mass is 299 g/mol. The van der Waals surface area contributed by atoms with Crippen molar-refractivity contribution in [1.29, 1.82) is 0 Å². The summed E-state index contributed by atoms with van der Waals surface area (Å²) >= 11 is 3.30. The Hall–Kier alpha value is -1.03. The summed E-state index contributed by atoms with van der Waals surface area (Å²) in [5.74, 6) is -0.111. The highest BCUT2D eigenvalue weighted by Gasteiger charge is 2.15. The molecule has 3 nitrogen and oxygen atoms in total. The third-order valence-corrected chi connectivity index (χ3v) is 3.13. The van der Waals surface area contributed by atoms with Crippen LogP contribution in [0.25, 0.3) is 0 Å². The molecule has 0 heterocycles. The first kappa shape index (κ1) is 14.0. The number of unbranched alkanes of at least 4 members (excludes halogenated alkanes) is 2. The van der Waals surface area contributed by atoms with Gasteiger partial charge in [-0.3, -0.25) is 4.79 Å². The Kier molecular flexibility index (Phi) is 5.48. The number of halogens is 1. The quantitative estimate of drug-likeness (QED) is 0.846. The highest BCUT2D eigenvalue weighted by atomic mass is 79.9. The third kappa shape index (κ3) is 4.04. The van der Waals surface area contributed by atoms with Crippen molar-refractivity contribution in [1.82, 2.24) is 4.90 Å². The van der Waals surface area contributed by atoms with Gasteiger partial charge in [-0.25, -0.2) is 0 Å². The van der Waals surface area contributed by atoms with E-state index in [0.29, 0.717) is 5.56 Å². The molecule has 1 N–H and O–H groups in total. The van der Waals surface area contributed by atoms with Gasteiger partial charge in [0, 0.05) is 18.1 Å². The smallest absolute Gasteiger partial charge is 0.257 e. The summed E-state index contributed by atoms with van der Waals surface area (Å²) in [5, 5.41) is 9.66. The fourth-order valence-electron chi connectivity index (χ4n) is 1.59. The maximum atomic E-state index is 12.1. The molecule has 0 spiro atoms. The van der Waals surface area contributed by atoms with Crippen molar-refractivity contribution in [2.45, 2.75) is 26.2 Å². The van der Waals surface area contributed by atoms with Gasteiger partial charge in [-0.15, -0.1) is 0 Å². The van der Waals surface area contributed by atoms with Crippen LogP contribution < -0.4 is 0 Å². The zero-order chi connectivity index (χ0) is 12.8. The predicted molar refractivity (Wildman–Crippen MR) is 72.3 cm³/mol. The summed E-state index contributed by atoms with van der Waals surface area (Å²) < 4.78 is 0.792. The Labute approximate surface area is 111 Å². The number of nitrogens with zero attached hydrogens (tertiary/aromatic N) is 1. The molecule has 0 aromatic heterocycles. The second kappa shape index (κ2) is 6.64. The van der Waals surface area contributed by atoms with Gasteiger partial charge in [0.2, 0.25) is 0 Å². The van der Waals surface area contributed by atoms with Crippen LogP contribution in [-0.4, -0.2) is 29.5 Å². The molecule has 1 aromatic rings. The molecule has 0 atom stereocenters. The molecule has 0 unspecified atom stereocenters. The molecule has 0 saturated heterocycles. The number of amides is 1. The molecule has 17 heavy (non-hydrogen) atoms. The Morgan fingerprint density at radius 3 is 2.76 bits per heavy atom. The zero-order valence-corrected chi connectivity index (χ0v) is 11.8. The summed E-state index contributed by atoms with van der Waals surface area (Å²) in [7, 11) is 1.76. The van der Waals surface area contributed by atoms with Gasteiger partial charge < -0.3 is 10.0 Å². The number of rotatable bonds is 5. The number of hydrogen-bond donors (Lipinski definition) is 1. The van der Waals surface area contributed by atoms with Gasteiger partial charge in [0.05, 0.1) is 5.56 Å². The lowest BCUT2D eigenvalue weighted by Gasteiger charge is -2.17. The molecule has 0 saturated carbocycles. The van der Waals surface area contributed by atoms with Gasteiger partial charge in [0.25, 0.3) is 5.91 Å². The normalized spacial score (nSPS) is 10.3. The van der Waals surface area contributed by atoms with Crippen molar-refractivity contribution in [3.63, 3.8) is 0 Å². The molecule has 0 bridgehead atoms. The van der Waals surface area contributed by atoms with E-state index in [1.807, 2.05) is 0 Å². The number of hydrogen-bond acceptors (Lipinski definition) is 2. The molecule has 0 fully saturated rings. The van der Waals surface area contributed by atoms with E-state index in [1.54, 1.807) is 24.1 Å². The Morgan fingerprint density at radius 1 is 1.41 bits per heavy atom. The fraction of sp³-hybridized carbons (Fsp3) is 0.462. The van der Waals surface area contributed by atoms with Crippen LogP contribution >= 0.6 is 15.9 Å². The van der Waals surface area contributed by atoms with E-state index in [0.717, 1.165) is 30.3 Å². The topological polar surface area (TPSA) is 40.5 Å². The van der Waals surface area contributed by atoms with E-state index in [9.17, 15) is 9.90 Å². The fourth-order valence-corrected chi connectivity index (χ4v) is 1.95. The molecule has 0 aliphatic heterocycles. The van der Waals surface area contributed by atoms with Crippen LogP contribution in [0.5, 0.6) is 5.75 Å². The van der Waals surface area contributed by atoms with E-state index in [2.05, 4.69) is 22.9 Å². The van der Waals surface area contributed by atoms with Crippen molar-refractivity contribution < 1.29 is 9.90 Å². The highest BCUT2D eigenvalue weighted by molar-refractivity contribution is 9.10. The lowest BCUT2D eigenvalue weighted by molar-refractivity contribution is 0.0789. The summed E-state index contributed by atoms with van der Waals surface area (Å²) in [6.07, 6.45) is 3.24. The van der Waals surface area contributed by atoms with Crippen molar-refractivity contribution in [2.24, 2.45) is 0 Å². The third-order valence-electron chi connectivity index (χ3n) is 2.63. The molecule has 94 valence electrons. The minimum atomic E-state index is -0.139. The van der Waals surface area contributed by atoms with Crippen molar-refractivity contribution in [3.8, 4) is 5.75 Å². The minimum absolute atomic E-state index is 0.0283. The maximum Gasteiger partial charge on any atom is 0.257 e. The first-order chi connectivity index (χ1) is 8.06. The summed E-state index contributed by atoms with van der Waals surface area (Å²) in [4.78, 5) is 13.7. The lowest BCUT2D eigenvalue weighted by Crippen LogP contribution is -2.27. The molecule has 4 heteroatoms. The standard InChI is InChI=1S/C13H18BrNO2/c1-3-4-5-8-15(2)13(17)11-9-10(14)6-7-12(11)16/h6-7,9,16H,3-5,8H2,1-2H3. The van der Waals surface area contributed by atoms with Crippen LogP contribution in [0.1, 0.15) is 36.5 Å². The Balaban J connectivity index is 2.71. The van der Waals surface area contributed by atoms with Gasteiger partial charge in [-0.1, -0.05) is 35.7 Å². The number of benzene rings is 1. The van der Waals surface area contributed by atoms with Crippen LogP contribution in [0.3, 0.4) is 0 Å². The van der Waals surface area contributed by atoms with Crippen LogP contribution in [0.15, 0.2) is 22.7 Å². The average molecular weight is 300 g/mol. The summed E-state index contributed by atoms with van der Waals surface area (Å²) in [6.45, 7) is 2.85. The van der Waals surface area contributed by atoms with E-state index in [1.165, 1.54) is 6.07 Å². The van der Waals surface area contributed by atoms with Gasteiger partial charge >= 0.3 is 0 Å². The SMILES string of the molecule is CCCCCN(C)C(=O)c1cc(Br)ccc1O. The van der Waals surface area contributed by atoms with Crippen LogP contribution in [0, 0.1) is 0 Å². The second-order valence-electron chi connectivity index (χ2n) is 4.10. The lowest BCUT2D eigenvalue weighted by atomic mass is 10.1. The van der Waals surface area contributed by atoms with Gasteiger partial charge in [-0.05, 0) is 24.6 Å². The van der Waals surface area contributed by atoms with Crippen LogP contribution in [0.4, 0.5) is 0 Å². The highest BCUT2D eigenvalue weighted by Crippen LogP contribution is 2.23. The number of carbonyl (C=O) groups is 1. The van der Waals surface area contributed by atoms with E-state index < -0.39 is 0 Å². The van der Waals surface area contributed by atoms with Gasteiger partial charge in [0.15, 0.2) is 0 Å². The molecule has 0 aliphatic rings. The number of phenols is 1. The van der Waals surface area contributed by atoms with E-state index in [-0.39, 0.29) is 11.7 Å². The summed E-state index contributed by atoms with van der Waals surface area (Å²) in [5.41, 5.74) is 0.346. The molecule has 0 aliphatic carbocycles. The van der Waals surface area contributed by atoms with Crippen molar-refractivity contribution >= 4 is 21.8 Å². The first-order valence-corrected chi connectivity index (χ1v) is 6.59. The van der Waals surface area contributed by atoms with Gasteiger partial charge in [0.1, 0.15) is 5.75 Å². The molecule has 1 rings (SSSR count). The molecule has 0 radical (unpaired) electrons. The largest absolute Gasteiger partial charge is 0.507 e. The first-order valence-electron chi connectivity index (χ1n) is 5.80. The second-order valence-corrected chi connectivity index (χ2v) is 5.01. The zero-order valence-electron chi connectivity index (χ0n) is 10.2. The predicted octanol–water partition coefficient (Wildman–Crippen LogP) is 3.42. The molecule has 1 aromatic carbocycles. The van der Waals surface area contributed by atoms with Crippen LogP contribution in [0.2, 0.25) is 0 Å². The number of aromatic hydroxyl groups is 1. The average Bonchev–Trinajstić information content (AvgIpc) is 2.31. The molecular formula is C13H18BrNO2. The Bertz CT molecular complexity index is 393. The maximum absolute atomic E-state index is 12.1. The molecular weight excluding hydrogens is 282 g/mol. The number of carbonyl (C=O) groups excluding carboxylic acids is 1. The van der Waals surface area contributed by atoms with E-state index >= 15 is 0 Å². The minimum Gasteiger partial charge on any atom is -0.507 e. The van der Waals surface area contributed by atoms with Crippen molar-refractivity contribution in [2.75, 3.05) is 13.6 Å². The van der Waals surface area contributed by atoms with Crippen LogP contribution in [-0.2, 0) is 0 Å². The summed E-state index contributed by atoms with van der Waals surface area (Å²) in [6, 6.07) is 4.88. The van der Waals surface area contributed by atoms with E-state index in [4.69, 9.17) is 0 Å². The van der Waals surface area contributed by atoms with Gasteiger partial charge in [-0.2, -0.15) is 0 Å².